The van der Waals surface area contributed by atoms with Gasteiger partial charge in [-0.3, -0.25) is 0 Å². The van der Waals surface area contributed by atoms with E-state index in [0.717, 1.165) is 54.0 Å². The molecule has 3 heterocycles. The molecule has 2 aromatic carbocycles. The van der Waals surface area contributed by atoms with Crippen molar-refractivity contribution < 1.29 is 4.39 Å². The van der Waals surface area contributed by atoms with Gasteiger partial charge < -0.3 is 20.9 Å². The summed E-state index contributed by atoms with van der Waals surface area (Å²) in [6.07, 6.45) is 3.28. The van der Waals surface area contributed by atoms with Crippen molar-refractivity contribution in [1.82, 2.24) is 25.5 Å². The standard InChI is InChI=1S/C23H23FN8/c1-15-3-2-4-17-20(14-27-31-22(15)17)28-21-7-8-26-23(30-21)29-19-6-5-16(13-18(19)24)32-11-9-25-10-12-32/h2-8,13-14,25H,9-12H2,1H3,(H2,26,28,29,30,31). The van der Waals surface area contributed by atoms with Crippen LogP contribution in [0.3, 0.4) is 0 Å². The topological polar surface area (TPSA) is 90.9 Å². The number of aromatic nitrogens is 4. The van der Waals surface area contributed by atoms with Crippen LogP contribution in [0.1, 0.15) is 5.56 Å². The molecule has 0 aliphatic carbocycles. The van der Waals surface area contributed by atoms with Crippen molar-refractivity contribution in [3.63, 3.8) is 0 Å². The number of anilines is 5. The maximum absolute atomic E-state index is 14.8. The van der Waals surface area contributed by atoms with Crippen LogP contribution in [0.15, 0.2) is 54.9 Å². The number of aryl methyl sites for hydroxylation is 1. The zero-order valence-electron chi connectivity index (χ0n) is 17.6. The van der Waals surface area contributed by atoms with Gasteiger partial charge in [-0.1, -0.05) is 18.2 Å². The first kappa shape index (κ1) is 20.1. The lowest BCUT2D eigenvalue weighted by Gasteiger charge is -2.29. The first-order valence-electron chi connectivity index (χ1n) is 10.5. The van der Waals surface area contributed by atoms with Crippen LogP contribution in [-0.4, -0.2) is 46.3 Å². The molecule has 0 amide bonds. The van der Waals surface area contributed by atoms with Gasteiger partial charge in [0.2, 0.25) is 5.95 Å². The van der Waals surface area contributed by atoms with Gasteiger partial charge in [0.25, 0.3) is 0 Å². The molecule has 0 bridgehead atoms. The zero-order valence-corrected chi connectivity index (χ0v) is 17.6. The van der Waals surface area contributed by atoms with Crippen LogP contribution in [-0.2, 0) is 0 Å². The first-order chi connectivity index (χ1) is 15.7. The second-order valence-electron chi connectivity index (χ2n) is 7.65. The molecular formula is C23H23FN8. The fourth-order valence-corrected chi connectivity index (χ4v) is 3.79. The van der Waals surface area contributed by atoms with Gasteiger partial charge in [-0.05, 0) is 36.8 Å². The second-order valence-corrected chi connectivity index (χ2v) is 7.65. The van der Waals surface area contributed by atoms with Gasteiger partial charge in [0.1, 0.15) is 11.6 Å². The number of hydrogen-bond donors (Lipinski definition) is 3. The van der Waals surface area contributed by atoms with Crippen LogP contribution >= 0.6 is 0 Å². The van der Waals surface area contributed by atoms with Crippen molar-refractivity contribution in [3.8, 4) is 0 Å². The molecule has 1 fully saturated rings. The molecule has 1 aliphatic heterocycles. The van der Waals surface area contributed by atoms with Crippen LogP contribution in [0, 0.1) is 12.7 Å². The summed E-state index contributed by atoms with van der Waals surface area (Å²) >= 11 is 0. The summed E-state index contributed by atoms with van der Waals surface area (Å²) in [5.41, 5.74) is 3.86. The predicted octanol–water partition coefficient (Wildman–Crippen LogP) is 3.76. The van der Waals surface area contributed by atoms with Crippen molar-refractivity contribution >= 4 is 39.7 Å². The maximum atomic E-state index is 14.8. The number of benzene rings is 2. The molecule has 5 rings (SSSR count). The Hall–Kier alpha value is -3.85. The Morgan fingerprint density at radius 3 is 2.75 bits per heavy atom. The highest BCUT2D eigenvalue weighted by Crippen LogP contribution is 2.27. The monoisotopic (exact) mass is 430 g/mol. The number of fused-ring (bicyclic) bond motifs is 1. The number of nitrogens with zero attached hydrogens (tertiary/aromatic N) is 5. The second kappa shape index (κ2) is 8.72. The number of nitrogens with one attached hydrogen (secondary N) is 3. The highest BCUT2D eigenvalue weighted by Gasteiger charge is 2.13. The van der Waals surface area contributed by atoms with Crippen molar-refractivity contribution in [2.45, 2.75) is 6.92 Å². The van der Waals surface area contributed by atoms with E-state index >= 15 is 0 Å². The SMILES string of the molecule is Cc1cccc2c(Nc3ccnc(Nc4ccc(N5CCNCC5)cc4F)n3)cnnc12. The van der Waals surface area contributed by atoms with E-state index in [0.29, 0.717) is 17.5 Å². The summed E-state index contributed by atoms with van der Waals surface area (Å²) in [6.45, 7) is 5.52. The molecule has 162 valence electrons. The lowest BCUT2D eigenvalue weighted by Crippen LogP contribution is -2.43. The molecule has 0 radical (unpaired) electrons. The van der Waals surface area contributed by atoms with Crippen LogP contribution in [0.25, 0.3) is 10.9 Å². The average molecular weight is 430 g/mol. The van der Waals surface area contributed by atoms with E-state index in [9.17, 15) is 4.39 Å². The third kappa shape index (κ3) is 4.15. The molecule has 8 nitrogen and oxygen atoms in total. The average Bonchev–Trinajstić information content (AvgIpc) is 2.82. The van der Waals surface area contributed by atoms with Crippen LogP contribution in [0.2, 0.25) is 0 Å². The Morgan fingerprint density at radius 2 is 1.91 bits per heavy atom. The molecule has 0 saturated carbocycles. The number of rotatable bonds is 5. The summed E-state index contributed by atoms with van der Waals surface area (Å²) in [7, 11) is 0. The van der Waals surface area contributed by atoms with Gasteiger partial charge in [0.15, 0.2) is 0 Å². The minimum atomic E-state index is -0.345. The van der Waals surface area contributed by atoms with Crippen LogP contribution < -0.4 is 20.9 Å². The van der Waals surface area contributed by atoms with Crippen molar-refractivity contribution in [2.75, 3.05) is 41.7 Å². The van der Waals surface area contributed by atoms with Crippen LogP contribution in [0.5, 0.6) is 0 Å². The number of piperazine rings is 1. The summed E-state index contributed by atoms with van der Waals surface area (Å²) in [6, 6.07) is 12.9. The number of hydrogen-bond acceptors (Lipinski definition) is 8. The Balaban J connectivity index is 1.35. The highest BCUT2D eigenvalue weighted by molar-refractivity contribution is 5.93. The molecular weight excluding hydrogens is 407 g/mol. The molecule has 1 saturated heterocycles. The summed E-state index contributed by atoms with van der Waals surface area (Å²) in [4.78, 5) is 10.9. The van der Waals surface area contributed by atoms with Gasteiger partial charge in [-0.2, -0.15) is 15.2 Å². The van der Waals surface area contributed by atoms with E-state index in [1.807, 2.05) is 31.2 Å². The molecule has 3 N–H and O–H groups in total. The summed E-state index contributed by atoms with van der Waals surface area (Å²) < 4.78 is 14.8. The Kier molecular flexibility index (Phi) is 5.47. The Bertz CT molecular complexity index is 1260. The molecule has 0 unspecified atom stereocenters. The Morgan fingerprint density at radius 1 is 1.03 bits per heavy atom. The molecule has 0 spiro atoms. The third-order valence-electron chi connectivity index (χ3n) is 5.47. The molecule has 32 heavy (non-hydrogen) atoms. The Labute approximate surface area is 184 Å². The summed E-state index contributed by atoms with van der Waals surface area (Å²) in [5, 5.41) is 18.8. The highest BCUT2D eigenvalue weighted by atomic mass is 19.1. The van der Waals surface area contributed by atoms with Gasteiger partial charge in [-0.15, -0.1) is 0 Å². The summed E-state index contributed by atoms with van der Waals surface area (Å²) in [5.74, 6) is 0.519. The van der Waals surface area contributed by atoms with E-state index in [1.54, 1.807) is 30.6 Å². The lowest BCUT2D eigenvalue weighted by atomic mass is 10.1. The van der Waals surface area contributed by atoms with E-state index in [-0.39, 0.29) is 5.82 Å². The largest absolute Gasteiger partial charge is 0.369 e. The molecule has 0 atom stereocenters. The number of halogens is 1. The van der Waals surface area contributed by atoms with E-state index in [1.165, 1.54) is 0 Å². The van der Waals surface area contributed by atoms with E-state index < -0.39 is 0 Å². The van der Waals surface area contributed by atoms with Gasteiger partial charge in [-0.25, -0.2) is 9.37 Å². The van der Waals surface area contributed by atoms with Gasteiger partial charge >= 0.3 is 0 Å². The minimum Gasteiger partial charge on any atom is -0.369 e. The van der Waals surface area contributed by atoms with Crippen molar-refractivity contribution in [1.29, 1.82) is 0 Å². The molecule has 2 aromatic heterocycles. The quantitative estimate of drug-likeness (QED) is 0.441. The molecule has 4 aromatic rings. The van der Waals surface area contributed by atoms with E-state index in [4.69, 9.17) is 0 Å². The van der Waals surface area contributed by atoms with Crippen molar-refractivity contribution in [3.05, 3.63) is 66.2 Å². The third-order valence-corrected chi connectivity index (χ3v) is 5.47. The molecule has 1 aliphatic rings. The smallest absolute Gasteiger partial charge is 0.229 e. The molecule has 9 heteroatoms. The fraction of sp³-hybridized carbons (Fsp3) is 0.217. The van der Waals surface area contributed by atoms with Gasteiger partial charge in [0.05, 0.1) is 23.1 Å². The normalized spacial score (nSPS) is 13.9. The van der Waals surface area contributed by atoms with Crippen molar-refractivity contribution in [2.24, 2.45) is 0 Å². The lowest BCUT2D eigenvalue weighted by molar-refractivity contribution is 0.585. The zero-order chi connectivity index (χ0) is 21.9. The predicted molar refractivity (Wildman–Crippen MR) is 124 cm³/mol. The van der Waals surface area contributed by atoms with E-state index in [2.05, 4.69) is 41.0 Å². The minimum absolute atomic E-state index is 0.298. The van der Waals surface area contributed by atoms with Gasteiger partial charge in [0, 0.05) is 43.4 Å². The van der Waals surface area contributed by atoms with Crippen LogP contribution in [0.4, 0.5) is 33.2 Å². The maximum Gasteiger partial charge on any atom is 0.229 e. The first-order valence-corrected chi connectivity index (χ1v) is 10.5. The fourth-order valence-electron chi connectivity index (χ4n) is 3.79.